The summed E-state index contributed by atoms with van der Waals surface area (Å²) < 4.78 is 1.65. The molecule has 3 N–H and O–H groups in total. The van der Waals surface area contributed by atoms with Gasteiger partial charge in [0.25, 0.3) is 5.56 Å². The summed E-state index contributed by atoms with van der Waals surface area (Å²) in [5.74, 6) is 0.347. The van der Waals surface area contributed by atoms with Crippen LogP contribution >= 0.6 is 0 Å². The van der Waals surface area contributed by atoms with Crippen molar-refractivity contribution < 1.29 is 4.79 Å². The molecular formula is C17H23N3O2. The van der Waals surface area contributed by atoms with Crippen LogP contribution < -0.4 is 16.6 Å². The number of carbonyl (C=O) groups is 1. The lowest BCUT2D eigenvalue weighted by Gasteiger charge is -2.12. The fourth-order valence-electron chi connectivity index (χ4n) is 2.43. The van der Waals surface area contributed by atoms with Crippen LogP contribution in [0, 0.1) is 0 Å². The molecule has 2 aromatic rings. The number of aryl methyl sites for hydroxylation is 1. The van der Waals surface area contributed by atoms with Crippen molar-refractivity contribution in [1.29, 1.82) is 0 Å². The first-order valence-electron chi connectivity index (χ1n) is 7.63. The molecule has 1 aromatic heterocycles. The molecule has 0 aliphatic rings. The molecule has 22 heavy (non-hydrogen) atoms. The Balaban J connectivity index is 2.27. The van der Waals surface area contributed by atoms with Crippen molar-refractivity contribution in [2.75, 3.05) is 13.1 Å². The highest BCUT2D eigenvalue weighted by atomic mass is 16.1. The lowest BCUT2D eigenvalue weighted by molar-refractivity contribution is -0.121. The number of amides is 1. The van der Waals surface area contributed by atoms with E-state index < -0.39 is 0 Å². The third kappa shape index (κ3) is 3.74. The summed E-state index contributed by atoms with van der Waals surface area (Å²) in [7, 11) is 0. The summed E-state index contributed by atoms with van der Waals surface area (Å²) in [6.45, 7) is 5.52. The Morgan fingerprint density at radius 1 is 1.27 bits per heavy atom. The highest BCUT2D eigenvalue weighted by molar-refractivity contribution is 5.80. The number of nitrogens with zero attached hydrogens (tertiary/aromatic N) is 1. The van der Waals surface area contributed by atoms with Crippen LogP contribution in [0.15, 0.2) is 35.1 Å². The van der Waals surface area contributed by atoms with Crippen LogP contribution in [0.4, 0.5) is 0 Å². The SMILES string of the molecule is CC(C)c1ccc2c(ccc(=O)n2CCC(=O)NCCN)c1. The number of hydrogen-bond acceptors (Lipinski definition) is 3. The van der Waals surface area contributed by atoms with E-state index in [9.17, 15) is 9.59 Å². The van der Waals surface area contributed by atoms with Gasteiger partial charge >= 0.3 is 0 Å². The standard InChI is InChI=1S/C17H23N3O2/c1-12(2)13-3-5-15-14(11-13)4-6-17(22)20(15)10-7-16(21)19-9-8-18/h3-6,11-12H,7-10,18H2,1-2H3,(H,19,21). The quantitative estimate of drug-likeness (QED) is 0.850. The minimum Gasteiger partial charge on any atom is -0.355 e. The molecule has 1 amide bonds. The van der Waals surface area contributed by atoms with E-state index >= 15 is 0 Å². The van der Waals surface area contributed by atoms with Crippen molar-refractivity contribution in [3.05, 3.63) is 46.2 Å². The summed E-state index contributed by atoms with van der Waals surface area (Å²) in [6, 6.07) is 9.50. The van der Waals surface area contributed by atoms with Gasteiger partial charge in [-0.2, -0.15) is 0 Å². The first kappa shape index (κ1) is 16.2. The third-order valence-corrected chi connectivity index (χ3v) is 3.71. The van der Waals surface area contributed by atoms with Crippen LogP contribution in [-0.4, -0.2) is 23.6 Å². The van der Waals surface area contributed by atoms with Gasteiger partial charge in [-0.15, -0.1) is 0 Å². The number of benzene rings is 1. The average molecular weight is 301 g/mol. The monoisotopic (exact) mass is 301 g/mol. The molecule has 0 unspecified atom stereocenters. The van der Waals surface area contributed by atoms with Gasteiger partial charge in [-0.1, -0.05) is 19.9 Å². The second-order valence-electron chi connectivity index (χ2n) is 5.68. The largest absolute Gasteiger partial charge is 0.355 e. The lowest BCUT2D eigenvalue weighted by atomic mass is 10.0. The fraction of sp³-hybridized carbons (Fsp3) is 0.412. The molecule has 0 aliphatic heterocycles. The average Bonchev–Trinajstić information content (AvgIpc) is 2.51. The molecule has 5 nitrogen and oxygen atoms in total. The van der Waals surface area contributed by atoms with E-state index in [4.69, 9.17) is 5.73 Å². The first-order valence-corrected chi connectivity index (χ1v) is 7.63. The van der Waals surface area contributed by atoms with E-state index in [1.54, 1.807) is 10.6 Å². The molecule has 0 saturated carbocycles. The van der Waals surface area contributed by atoms with Crippen molar-refractivity contribution in [2.24, 2.45) is 5.73 Å². The summed E-state index contributed by atoms with van der Waals surface area (Å²) in [6.07, 6.45) is 0.269. The van der Waals surface area contributed by atoms with Crippen LogP contribution in [0.2, 0.25) is 0 Å². The molecule has 0 radical (unpaired) electrons. The van der Waals surface area contributed by atoms with Crippen molar-refractivity contribution in [3.63, 3.8) is 0 Å². The van der Waals surface area contributed by atoms with E-state index in [1.807, 2.05) is 18.2 Å². The number of nitrogens with two attached hydrogens (primary N) is 1. The zero-order chi connectivity index (χ0) is 16.1. The van der Waals surface area contributed by atoms with Gasteiger partial charge in [0.05, 0.1) is 5.52 Å². The second kappa shape index (κ2) is 7.22. The van der Waals surface area contributed by atoms with Gasteiger partial charge in [0.15, 0.2) is 0 Å². The van der Waals surface area contributed by atoms with E-state index in [-0.39, 0.29) is 17.9 Å². The third-order valence-electron chi connectivity index (χ3n) is 3.71. The molecule has 5 heteroatoms. The summed E-state index contributed by atoms with van der Waals surface area (Å²) in [4.78, 5) is 23.8. The van der Waals surface area contributed by atoms with Gasteiger partial charge in [0.2, 0.25) is 5.91 Å². The van der Waals surface area contributed by atoms with Gasteiger partial charge in [0, 0.05) is 32.1 Å². The van der Waals surface area contributed by atoms with Crippen LogP contribution in [0.1, 0.15) is 31.7 Å². The normalized spacial score (nSPS) is 11.1. The zero-order valence-electron chi connectivity index (χ0n) is 13.1. The van der Waals surface area contributed by atoms with Crippen LogP contribution in [-0.2, 0) is 11.3 Å². The molecule has 0 atom stereocenters. The molecule has 0 saturated heterocycles. The molecule has 1 heterocycles. The number of fused-ring (bicyclic) bond motifs is 1. The Morgan fingerprint density at radius 3 is 2.73 bits per heavy atom. The molecule has 0 aliphatic carbocycles. The number of aromatic nitrogens is 1. The van der Waals surface area contributed by atoms with Crippen LogP contribution in [0.25, 0.3) is 10.9 Å². The van der Waals surface area contributed by atoms with Crippen molar-refractivity contribution in [1.82, 2.24) is 9.88 Å². The van der Waals surface area contributed by atoms with Gasteiger partial charge in [0.1, 0.15) is 0 Å². The van der Waals surface area contributed by atoms with Crippen molar-refractivity contribution in [3.8, 4) is 0 Å². The molecule has 1 aromatic carbocycles. The van der Waals surface area contributed by atoms with E-state index in [2.05, 4.69) is 25.2 Å². The minimum absolute atomic E-state index is 0.0866. The van der Waals surface area contributed by atoms with Crippen molar-refractivity contribution >= 4 is 16.8 Å². The fourth-order valence-corrected chi connectivity index (χ4v) is 2.43. The summed E-state index contributed by atoms with van der Waals surface area (Å²) in [5, 5.41) is 3.74. The summed E-state index contributed by atoms with van der Waals surface area (Å²) >= 11 is 0. The van der Waals surface area contributed by atoms with E-state index in [0.29, 0.717) is 25.6 Å². The molecule has 118 valence electrons. The zero-order valence-corrected chi connectivity index (χ0v) is 13.1. The predicted molar refractivity (Wildman–Crippen MR) is 89.0 cm³/mol. The van der Waals surface area contributed by atoms with Gasteiger partial charge in [-0.25, -0.2) is 0 Å². The maximum atomic E-state index is 12.1. The molecule has 0 fully saturated rings. The van der Waals surface area contributed by atoms with Crippen molar-refractivity contribution in [2.45, 2.75) is 32.7 Å². The van der Waals surface area contributed by atoms with E-state index in [0.717, 1.165) is 10.9 Å². The Labute approximate surface area is 130 Å². The topological polar surface area (TPSA) is 77.1 Å². The van der Waals surface area contributed by atoms with E-state index in [1.165, 1.54) is 5.56 Å². The Hall–Kier alpha value is -2.14. The Morgan fingerprint density at radius 2 is 2.05 bits per heavy atom. The Bertz CT molecular complexity index is 719. The van der Waals surface area contributed by atoms with Gasteiger partial charge < -0.3 is 15.6 Å². The molecule has 2 rings (SSSR count). The molecular weight excluding hydrogens is 278 g/mol. The number of hydrogen-bond donors (Lipinski definition) is 2. The lowest BCUT2D eigenvalue weighted by Crippen LogP contribution is -2.31. The minimum atomic E-state index is -0.0897. The highest BCUT2D eigenvalue weighted by Gasteiger charge is 2.08. The Kier molecular flexibility index (Phi) is 5.33. The van der Waals surface area contributed by atoms with Crippen LogP contribution in [0.5, 0.6) is 0 Å². The maximum absolute atomic E-state index is 12.1. The predicted octanol–water partition coefficient (Wildman–Crippen LogP) is 1.59. The smallest absolute Gasteiger partial charge is 0.251 e. The van der Waals surface area contributed by atoms with Gasteiger partial charge in [-0.3, -0.25) is 9.59 Å². The second-order valence-corrected chi connectivity index (χ2v) is 5.68. The number of rotatable bonds is 6. The maximum Gasteiger partial charge on any atom is 0.251 e. The number of carbonyl (C=O) groups excluding carboxylic acids is 1. The molecule has 0 bridgehead atoms. The first-order chi connectivity index (χ1) is 10.5. The van der Waals surface area contributed by atoms with Gasteiger partial charge in [-0.05, 0) is 35.1 Å². The number of nitrogens with one attached hydrogen (secondary N) is 1. The highest BCUT2D eigenvalue weighted by Crippen LogP contribution is 2.20. The molecule has 0 spiro atoms. The summed E-state index contributed by atoms with van der Waals surface area (Å²) in [5.41, 5.74) is 7.36. The van der Waals surface area contributed by atoms with Crippen LogP contribution in [0.3, 0.4) is 0 Å². The number of pyridine rings is 1.